The predicted octanol–water partition coefficient (Wildman–Crippen LogP) is 2.30. The van der Waals surface area contributed by atoms with Gasteiger partial charge in [-0.05, 0) is 50.7 Å². The minimum Gasteiger partial charge on any atom is -0.455 e. The Kier molecular flexibility index (Phi) is 6.67. The van der Waals surface area contributed by atoms with Gasteiger partial charge >= 0.3 is 5.97 Å². The van der Waals surface area contributed by atoms with Gasteiger partial charge < -0.3 is 15.4 Å². The number of ether oxygens (including phenoxy) is 1. The summed E-state index contributed by atoms with van der Waals surface area (Å²) in [6, 6.07) is 5.70. The minimum absolute atomic E-state index is 0.0394. The summed E-state index contributed by atoms with van der Waals surface area (Å²) in [4.78, 5) is 48.4. The molecule has 156 valence electrons. The smallest absolute Gasteiger partial charge is 0.309 e. The van der Waals surface area contributed by atoms with Crippen molar-refractivity contribution in [3.8, 4) is 0 Å². The van der Waals surface area contributed by atoms with Crippen molar-refractivity contribution < 1.29 is 23.9 Å². The van der Waals surface area contributed by atoms with Crippen molar-refractivity contribution in [1.29, 1.82) is 0 Å². The highest BCUT2D eigenvalue weighted by molar-refractivity contribution is 5.96. The SMILES string of the molecule is Cc1cccc(C)c1NC(=O)CNC(=O)COC(=O)C1CC2CCCC(C1)C2=O. The van der Waals surface area contributed by atoms with Crippen LogP contribution in [0.3, 0.4) is 0 Å². The number of anilines is 1. The Bertz CT molecular complexity index is 783. The largest absolute Gasteiger partial charge is 0.455 e. The van der Waals surface area contributed by atoms with Crippen LogP contribution in [-0.4, -0.2) is 36.7 Å². The summed E-state index contributed by atoms with van der Waals surface area (Å²) in [7, 11) is 0. The van der Waals surface area contributed by atoms with E-state index in [1.165, 1.54) is 0 Å². The lowest BCUT2D eigenvalue weighted by Gasteiger charge is -2.36. The number of nitrogens with one attached hydrogen (secondary N) is 2. The highest BCUT2D eigenvalue weighted by Gasteiger charge is 2.41. The molecule has 7 heteroatoms. The van der Waals surface area contributed by atoms with Crippen LogP contribution in [-0.2, 0) is 23.9 Å². The van der Waals surface area contributed by atoms with Crippen LogP contribution >= 0.6 is 0 Å². The van der Waals surface area contributed by atoms with E-state index in [0.29, 0.717) is 12.8 Å². The second-order valence-corrected chi connectivity index (χ2v) is 8.09. The molecule has 0 saturated heterocycles. The molecule has 2 unspecified atom stereocenters. The van der Waals surface area contributed by atoms with Crippen molar-refractivity contribution in [3.05, 3.63) is 29.3 Å². The Morgan fingerprint density at radius 2 is 1.66 bits per heavy atom. The summed E-state index contributed by atoms with van der Waals surface area (Å²) in [5.74, 6) is -1.41. The van der Waals surface area contributed by atoms with Crippen molar-refractivity contribution in [2.75, 3.05) is 18.5 Å². The Morgan fingerprint density at radius 1 is 1.03 bits per heavy atom. The maximum Gasteiger partial charge on any atom is 0.309 e. The lowest BCUT2D eigenvalue weighted by atomic mass is 9.67. The molecule has 2 saturated carbocycles. The number of para-hydroxylation sites is 1. The maximum atomic E-state index is 12.3. The second kappa shape index (κ2) is 9.20. The summed E-state index contributed by atoms with van der Waals surface area (Å²) in [6.07, 6.45) is 3.77. The average molecular weight is 400 g/mol. The first-order chi connectivity index (χ1) is 13.8. The van der Waals surface area contributed by atoms with Crippen LogP contribution in [0.4, 0.5) is 5.69 Å². The molecular weight excluding hydrogens is 372 g/mol. The van der Waals surface area contributed by atoms with Gasteiger partial charge in [0.15, 0.2) is 6.61 Å². The van der Waals surface area contributed by atoms with Crippen LogP contribution in [0.15, 0.2) is 18.2 Å². The van der Waals surface area contributed by atoms with Gasteiger partial charge in [-0.2, -0.15) is 0 Å². The zero-order chi connectivity index (χ0) is 21.0. The summed E-state index contributed by atoms with van der Waals surface area (Å²) in [5.41, 5.74) is 2.61. The van der Waals surface area contributed by atoms with Crippen molar-refractivity contribution >= 4 is 29.3 Å². The number of rotatable bonds is 6. The zero-order valence-electron chi connectivity index (χ0n) is 17.0. The number of carbonyl (C=O) groups excluding carboxylic acids is 4. The van der Waals surface area contributed by atoms with E-state index in [1.807, 2.05) is 32.0 Å². The van der Waals surface area contributed by atoms with Crippen LogP contribution in [0.2, 0.25) is 0 Å². The van der Waals surface area contributed by atoms with Gasteiger partial charge in [0, 0.05) is 17.5 Å². The summed E-state index contributed by atoms with van der Waals surface area (Å²) in [5, 5.41) is 5.25. The number of fused-ring (bicyclic) bond motifs is 2. The van der Waals surface area contributed by atoms with Crippen LogP contribution in [0.5, 0.6) is 0 Å². The summed E-state index contributed by atoms with van der Waals surface area (Å²) in [6.45, 7) is 3.17. The molecule has 0 spiro atoms. The van der Waals surface area contributed by atoms with Gasteiger partial charge in [0.2, 0.25) is 5.91 Å². The lowest BCUT2D eigenvalue weighted by Crippen LogP contribution is -2.40. The average Bonchev–Trinajstić information content (AvgIpc) is 2.67. The first kappa shape index (κ1) is 21.0. The Hall–Kier alpha value is -2.70. The third kappa shape index (κ3) is 5.22. The first-order valence-corrected chi connectivity index (χ1v) is 10.2. The van der Waals surface area contributed by atoms with Gasteiger partial charge in [0.1, 0.15) is 5.78 Å². The topological polar surface area (TPSA) is 102 Å². The number of ketones is 1. The van der Waals surface area contributed by atoms with E-state index in [1.54, 1.807) is 0 Å². The highest BCUT2D eigenvalue weighted by Crippen LogP contribution is 2.40. The van der Waals surface area contributed by atoms with Crippen LogP contribution in [0.1, 0.15) is 43.2 Å². The zero-order valence-corrected chi connectivity index (χ0v) is 17.0. The first-order valence-electron chi connectivity index (χ1n) is 10.2. The molecule has 0 heterocycles. The fourth-order valence-electron chi connectivity index (χ4n) is 4.35. The Labute approximate surface area is 170 Å². The van der Waals surface area contributed by atoms with E-state index in [-0.39, 0.29) is 36.0 Å². The van der Waals surface area contributed by atoms with Crippen LogP contribution in [0.25, 0.3) is 0 Å². The molecule has 2 amide bonds. The molecule has 2 aliphatic rings. The fraction of sp³-hybridized carbons (Fsp3) is 0.545. The number of amides is 2. The van der Waals surface area contributed by atoms with Gasteiger partial charge in [0.05, 0.1) is 12.5 Å². The molecule has 0 radical (unpaired) electrons. The van der Waals surface area contributed by atoms with Crippen molar-refractivity contribution in [2.45, 2.75) is 46.0 Å². The van der Waals surface area contributed by atoms with Gasteiger partial charge in [0.25, 0.3) is 5.91 Å². The van der Waals surface area contributed by atoms with E-state index in [9.17, 15) is 19.2 Å². The number of Topliss-reactive ketones (excluding diaryl/α,β-unsaturated/α-hetero) is 1. The van der Waals surface area contributed by atoms with Gasteiger partial charge in [-0.3, -0.25) is 19.2 Å². The molecule has 3 rings (SSSR count). The van der Waals surface area contributed by atoms with Crippen LogP contribution in [0, 0.1) is 31.6 Å². The van der Waals surface area contributed by atoms with E-state index in [4.69, 9.17) is 4.74 Å². The highest BCUT2D eigenvalue weighted by atomic mass is 16.5. The Balaban J connectivity index is 1.40. The quantitative estimate of drug-likeness (QED) is 0.714. The van der Waals surface area contributed by atoms with Crippen molar-refractivity contribution in [3.63, 3.8) is 0 Å². The number of aryl methyl sites for hydroxylation is 2. The molecule has 7 nitrogen and oxygen atoms in total. The monoisotopic (exact) mass is 400 g/mol. The second-order valence-electron chi connectivity index (χ2n) is 8.09. The molecule has 2 aliphatic carbocycles. The number of hydrogen-bond acceptors (Lipinski definition) is 5. The van der Waals surface area contributed by atoms with Crippen LogP contribution < -0.4 is 10.6 Å². The molecule has 2 N–H and O–H groups in total. The van der Waals surface area contributed by atoms with E-state index in [0.717, 1.165) is 36.1 Å². The molecule has 2 bridgehead atoms. The standard InChI is InChI=1S/C22H28N2O5/c1-13-5-3-6-14(2)20(13)24-18(25)11-23-19(26)12-29-22(28)17-9-15-7-4-8-16(10-17)21(15)27/h3,5-6,15-17H,4,7-12H2,1-2H3,(H,23,26)(H,24,25). The summed E-state index contributed by atoms with van der Waals surface area (Å²) < 4.78 is 5.14. The molecule has 0 aliphatic heterocycles. The lowest BCUT2D eigenvalue weighted by molar-refractivity contribution is -0.156. The number of esters is 1. The molecule has 29 heavy (non-hydrogen) atoms. The third-order valence-corrected chi connectivity index (χ3v) is 5.92. The van der Waals surface area contributed by atoms with E-state index in [2.05, 4.69) is 10.6 Å². The van der Waals surface area contributed by atoms with Crippen molar-refractivity contribution in [1.82, 2.24) is 5.32 Å². The van der Waals surface area contributed by atoms with E-state index < -0.39 is 18.5 Å². The number of benzene rings is 1. The summed E-state index contributed by atoms with van der Waals surface area (Å²) >= 11 is 0. The van der Waals surface area contributed by atoms with Gasteiger partial charge in [-0.1, -0.05) is 24.6 Å². The van der Waals surface area contributed by atoms with Gasteiger partial charge in [-0.15, -0.1) is 0 Å². The molecule has 1 aromatic carbocycles. The molecule has 2 atom stereocenters. The molecule has 1 aromatic rings. The van der Waals surface area contributed by atoms with Gasteiger partial charge in [-0.25, -0.2) is 0 Å². The molecular formula is C22H28N2O5. The predicted molar refractivity (Wildman–Crippen MR) is 107 cm³/mol. The maximum absolute atomic E-state index is 12.3. The molecule has 0 aromatic heterocycles. The molecule has 2 fully saturated rings. The third-order valence-electron chi connectivity index (χ3n) is 5.92. The van der Waals surface area contributed by atoms with E-state index >= 15 is 0 Å². The number of carbonyl (C=O) groups is 4. The Morgan fingerprint density at radius 3 is 2.28 bits per heavy atom. The normalized spacial score (nSPS) is 23.2. The van der Waals surface area contributed by atoms with Crippen molar-refractivity contribution in [2.24, 2.45) is 17.8 Å². The fourth-order valence-corrected chi connectivity index (χ4v) is 4.35. The number of hydrogen-bond donors (Lipinski definition) is 2. The minimum atomic E-state index is -0.526.